The minimum Gasteiger partial charge on any atom is -0.383 e. The Morgan fingerprint density at radius 3 is 2.41 bits per heavy atom. The third kappa shape index (κ3) is 9.73. The van der Waals surface area contributed by atoms with Crippen LogP contribution in [-0.4, -0.2) is 64.5 Å². The van der Waals surface area contributed by atoms with Gasteiger partial charge in [-0.1, -0.05) is 84.1 Å². The first-order valence-corrected chi connectivity index (χ1v) is 25.3. The van der Waals surface area contributed by atoms with Crippen molar-refractivity contribution in [3.8, 4) is 0 Å². The number of nitrogens with zero attached hydrogens (tertiary/aromatic N) is 5. The van der Waals surface area contributed by atoms with E-state index in [9.17, 15) is 33.4 Å². The zero-order valence-electron chi connectivity index (χ0n) is 38.4. The number of aromatic nitrogens is 2. The summed E-state index contributed by atoms with van der Waals surface area (Å²) in [5.74, 6) is 4.10. The standard InChI is InChI=1S/C48H69N7O8S/c1-32(2)13-11-14-33(3)37-20-21-38-36-19-18-34-31-35(24-26-47(34,4)39(36)25-27-48(37,38)5)53(64(61,62)43-16-9-8-15-41(43)54(57)58)30-12-29-50-44(56)17-7-6-10-28-49-40-22-23-42(55(59)60)46-45(40)51-63-52-46/h8-9,15-16,18,22-23,32-33,35-39,49H,6-7,10-14,17,19-21,24-31H2,1-5H3,(H,50,56)/t33-,35+,36?,37-,38?,39?,47+,48-/m1/s1. The first-order valence-electron chi connectivity index (χ1n) is 23.9. The molecule has 3 unspecified atom stereocenters. The molecule has 4 aliphatic carbocycles. The number of nitro groups is 2. The molecule has 2 aromatic carbocycles. The number of unbranched alkanes of at least 4 members (excludes halogenated alkanes) is 2. The van der Waals surface area contributed by atoms with E-state index in [1.165, 1.54) is 85.2 Å². The highest BCUT2D eigenvalue weighted by Gasteiger charge is 2.59. The molecule has 0 bridgehead atoms. The highest BCUT2D eigenvalue weighted by Crippen LogP contribution is 2.67. The summed E-state index contributed by atoms with van der Waals surface area (Å²) in [6.07, 6.45) is 17.6. The maximum Gasteiger partial charge on any atom is 0.300 e. The van der Waals surface area contributed by atoms with Crippen LogP contribution in [0.4, 0.5) is 17.1 Å². The average molecular weight is 904 g/mol. The van der Waals surface area contributed by atoms with Gasteiger partial charge in [0.25, 0.3) is 5.69 Å². The third-order valence-electron chi connectivity index (χ3n) is 16.2. The molecule has 3 aromatic rings. The second-order valence-corrected chi connectivity index (χ2v) is 22.2. The van der Waals surface area contributed by atoms with Crippen LogP contribution in [0.2, 0.25) is 0 Å². The van der Waals surface area contributed by atoms with E-state index < -0.39 is 25.6 Å². The van der Waals surface area contributed by atoms with Crippen LogP contribution in [-0.2, 0) is 14.8 Å². The molecule has 8 atom stereocenters. The van der Waals surface area contributed by atoms with Crippen LogP contribution in [0, 0.1) is 66.6 Å². The monoisotopic (exact) mass is 903 g/mol. The lowest BCUT2D eigenvalue weighted by Gasteiger charge is -2.59. The van der Waals surface area contributed by atoms with Crippen LogP contribution >= 0.6 is 0 Å². The molecule has 15 nitrogen and oxygen atoms in total. The minimum atomic E-state index is -4.26. The largest absolute Gasteiger partial charge is 0.383 e. The first-order chi connectivity index (χ1) is 30.6. The summed E-state index contributed by atoms with van der Waals surface area (Å²) in [7, 11) is -4.26. The number of carbonyl (C=O) groups is 1. The number of amides is 1. The van der Waals surface area contributed by atoms with E-state index in [0.29, 0.717) is 61.6 Å². The summed E-state index contributed by atoms with van der Waals surface area (Å²) in [5.41, 5.74) is 2.07. The van der Waals surface area contributed by atoms with Crippen LogP contribution in [0.25, 0.3) is 11.0 Å². The van der Waals surface area contributed by atoms with Gasteiger partial charge >= 0.3 is 5.69 Å². The van der Waals surface area contributed by atoms with Gasteiger partial charge in [-0.2, -0.15) is 4.31 Å². The van der Waals surface area contributed by atoms with Crippen LogP contribution in [0.3, 0.4) is 0 Å². The van der Waals surface area contributed by atoms with Crippen molar-refractivity contribution in [2.75, 3.05) is 25.0 Å². The highest BCUT2D eigenvalue weighted by atomic mass is 32.2. The smallest absolute Gasteiger partial charge is 0.300 e. The Kier molecular flexibility index (Phi) is 14.8. The SMILES string of the molecule is CC(C)CCC[C@@H](C)[C@H]1CCC2C3CC=C4C[C@@H](N(CCCNC(=O)CCCCCNc5ccc([N+](=O)[O-])c6nonc56)S(=O)(=O)c5ccccc5[N+](=O)[O-])CC[C@]4(C)C3CC[C@@]21C. The summed E-state index contributed by atoms with van der Waals surface area (Å²) in [5, 5.41) is 37.0. The minimum absolute atomic E-state index is 0.00560. The predicted octanol–water partition coefficient (Wildman–Crippen LogP) is 10.6. The van der Waals surface area contributed by atoms with Gasteiger partial charge in [-0.25, -0.2) is 13.0 Å². The van der Waals surface area contributed by atoms with E-state index in [1.807, 2.05) is 0 Å². The van der Waals surface area contributed by atoms with Crippen molar-refractivity contribution in [3.63, 3.8) is 0 Å². The molecule has 16 heteroatoms. The van der Waals surface area contributed by atoms with E-state index >= 15 is 0 Å². The Hall–Kier alpha value is -4.44. The molecule has 64 heavy (non-hydrogen) atoms. The maximum absolute atomic E-state index is 14.6. The number of fused-ring (bicyclic) bond motifs is 6. The van der Waals surface area contributed by atoms with Gasteiger partial charge in [0.2, 0.25) is 21.4 Å². The molecule has 1 aromatic heterocycles. The zero-order chi connectivity index (χ0) is 45.8. The maximum atomic E-state index is 14.6. The molecule has 0 spiro atoms. The Bertz CT molecular complexity index is 2300. The van der Waals surface area contributed by atoms with Gasteiger partial charge in [0, 0.05) is 44.2 Å². The fraction of sp³-hybridized carbons (Fsp3) is 0.688. The van der Waals surface area contributed by atoms with Crippen molar-refractivity contribution in [1.29, 1.82) is 0 Å². The van der Waals surface area contributed by atoms with Crippen LogP contribution in [0.5, 0.6) is 0 Å². The summed E-state index contributed by atoms with van der Waals surface area (Å²) in [6, 6.07) is 8.21. The van der Waals surface area contributed by atoms with Crippen molar-refractivity contribution in [2.45, 2.75) is 148 Å². The Labute approximate surface area is 378 Å². The van der Waals surface area contributed by atoms with E-state index in [4.69, 9.17) is 4.63 Å². The lowest BCUT2D eigenvalue weighted by Crippen LogP contribution is -2.53. The number of sulfonamides is 1. The number of nitrogens with one attached hydrogen (secondary N) is 2. The number of non-ortho nitro benzene ring substituents is 1. The number of hydrogen-bond donors (Lipinski definition) is 2. The van der Waals surface area contributed by atoms with Crippen LogP contribution in [0.1, 0.15) is 137 Å². The molecule has 2 N–H and O–H groups in total. The normalized spacial score (nSPS) is 27.1. The van der Waals surface area contributed by atoms with Gasteiger partial charge in [-0.15, -0.1) is 0 Å². The predicted molar refractivity (Wildman–Crippen MR) is 247 cm³/mol. The molecule has 1 amide bonds. The van der Waals surface area contributed by atoms with Gasteiger partial charge in [-0.05, 0) is 139 Å². The molecule has 0 radical (unpaired) electrons. The molecule has 0 saturated heterocycles. The van der Waals surface area contributed by atoms with Crippen LogP contribution in [0.15, 0.2) is 57.6 Å². The van der Waals surface area contributed by atoms with E-state index in [1.54, 1.807) is 6.07 Å². The number of anilines is 1. The second-order valence-electron chi connectivity index (χ2n) is 20.3. The van der Waals surface area contributed by atoms with Crippen molar-refractivity contribution >= 4 is 44.0 Å². The van der Waals surface area contributed by atoms with E-state index in [-0.39, 0.29) is 52.1 Å². The van der Waals surface area contributed by atoms with Crippen molar-refractivity contribution in [1.82, 2.24) is 19.9 Å². The number of nitro benzene ring substituents is 2. The molecular weight excluding hydrogens is 835 g/mol. The number of rotatable bonds is 21. The zero-order valence-corrected chi connectivity index (χ0v) is 39.2. The molecule has 7 rings (SSSR count). The first kappa shape index (κ1) is 47.5. The Morgan fingerprint density at radius 1 is 0.875 bits per heavy atom. The third-order valence-corrected chi connectivity index (χ3v) is 18.2. The van der Waals surface area contributed by atoms with Gasteiger partial charge in [0.15, 0.2) is 10.4 Å². The Balaban J connectivity index is 0.953. The number of allylic oxidation sites excluding steroid dienone is 1. The van der Waals surface area contributed by atoms with Crippen molar-refractivity contribution in [3.05, 3.63) is 68.3 Å². The number of benzene rings is 2. The highest BCUT2D eigenvalue weighted by molar-refractivity contribution is 7.89. The number of hydrogen-bond acceptors (Lipinski definition) is 11. The fourth-order valence-corrected chi connectivity index (χ4v) is 14.7. The quantitative estimate of drug-likeness (QED) is 0.0445. The summed E-state index contributed by atoms with van der Waals surface area (Å²) >= 11 is 0. The fourth-order valence-electron chi connectivity index (χ4n) is 12.9. The van der Waals surface area contributed by atoms with Gasteiger partial charge < -0.3 is 10.6 Å². The summed E-state index contributed by atoms with van der Waals surface area (Å²) in [6.45, 7) is 13.2. The van der Waals surface area contributed by atoms with Gasteiger partial charge in [0.05, 0.1) is 15.5 Å². The average Bonchev–Trinajstić information content (AvgIpc) is 3.90. The molecule has 0 aliphatic heterocycles. The summed E-state index contributed by atoms with van der Waals surface area (Å²) < 4.78 is 35.4. The molecule has 350 valence electrons. The van der Waals surface area contributed by atoms with Crippen molar-refractivity contribution in [2.24, 2.45) is 46.3 Å². The lowest BCUT2D eigenvalue weighted by atomic mass is 9.47. The van der Waals surface area contributed by atoms with Gasteiger partial charge in [0.1, 0.15) is 0 Å². The van der Waals surface area contributed by atoms with E-state index in [2.05, 4.69) is 61.6 Å². The van der Waals surface area contributed by atoms with Crippen molar-refractivity contribution < 1.29 is 27.7 Å². The summed E-state index contributed by atoms with van der Waals surface area (Å²) in [4.78, 5) is 34.8. The molecule has 1 heterocycles. The second kappa shape index (κ2) is 20.0. The number of para-hydroxylation sites is 1. The molecule has 4 aliphatic rings. The van der Waals surface area contributed by atoms with E-state index in [0.717, 1.165) is 49.4 Å². The molecule has 3 saturated carbocycles. The Morgan fingerprint density at radius 2 is 1.64 bits per heavy atom. The molecular formula is C48H69N7O8S. The van der Waals surface area contributed by atoms with Crippen LogP contribution < -0.4 is 10.6 Å². The topological polar surface area (TPSA) is 204 Å². The van der Waals surface area contributed by atoms with Gasteiger partial charge in [-0.3, -0.25) is 25.0 Å². The molecule has 3 fully saturated rings. The number of carbonyl (C=O) groups excluding carboxylic acids is 1. The lowest BCUT2D eigenvalue weighted by molar-refractivity contribution is -0.387.